The second-order valence-electron chi connectivity index (χ2n) is 3.49. The highest BCUT2D eigenvalue weighted by Crippen LogP contribution is 2.21. The van der Waals surface area contributed by atoms with Gasteiger partial charge in [0, 0.05) is 20.1 Å². The molecule has 3 heteroatoms. The molecular weight excluding hydrogens is 168 g/mol. The molecule has 1 rings (SSSR count). The fourth-order valence-corrected chi connectivity index (χ4v) is 1.61. The molecule has 1 saturated carbocycles. The van der Waals surface area contributed by atoms with Crippen LogP contribution in [0.4, 0.5) is 0 Å². The van der Waals surface area contributed by atoms with Gasteiger partial charge < -0.3 is 9.47 Å². The lowest BCUT2D eigenvalue weighted by Crippen LogP contribution is -2.14. The van der Waals surface area contributed by atoms with Crippen LogP contribution in [0.25, 0.3) is 0 Å². The van der Waals surface area contributed by atoms with Crippen LogP contribution in [0.1, 0.15) is 38.5 Å². The summed E-state index contributed by atoms with van der Waals surface area (Å²) in [5.74, 6) is -0.0658. The van der Waals surface area contributed by atoms with Gasteiger partial charge in [0.15, 0.2) is 0 Å². The summed E-state index contributed by atoms with van der Waals surface area (Å²) in [6.45, 7) is 0.639. The SMILES string of the molecule is COCCCC(=O)OC1CCCC1. The van der Waals surface area contributed by atoms with E-state index in [0.717, 1.165) is 19.3 Å². The minimum Gasteiger partial charge on any atom is -0.462 e. The Hall–Kier alpha value is -0.570. The fourth-order valence-electron chi connectivity index (χ4n) is 1.61. The molecule has 0 N–H and O–H groups in total. The first-order valence-electron chi connectivity index (χ1n) is 5.01. The van der Waals surface area contributed by atoms with Gasteiger partial charge in [-0.3, -0.25) is 4.79 Å². The number of carbonyl (C=O) groups is 1. The average molecular weight is 186 g/mol. The Balaban J connectivity index is 2.02. The van der Waals surface area contributed by atoms with E-state index < -0.39 is 0 Å². The lowest BCUT2D eigenvalue weighted by molar-refractivity contribution is -0.149. The standard InChI is InChI=1S/C10H18O3/c1-12-8-4-7-10(11)13-9-5-2-3-6-9/h9H,2-8H2,1H3. The quantitative estimate of drug-likeness (QED) is 0.486. The number of hydrogen-bond acceptors (Lipinski definition) is 3. The largest absolute Gasteiger partial charge is 0.462 e. The van der Waals surface area contributed by atoms with Crippen molar-refractivity contribution in [3.63, 3.8) is 0 Å². The van der Waals surface area contributed by atoms with Crippen molar-refractivity contribution in [2.75, 3.05) is 13.7 Å². The van der Waals surface area contributed by atoms with E-state index in [1.165, 1.54) is 12.8 Å². The lowest BCUT2D eigenvalue weighted by Gasteiger charge is -2.10. The maximum absolute atomic E-state index is 11.2. The molecule has 0 aromatic carbocycles. The lowest BCUT2D eigenvalue weighted by atomic mass is 10.3. The van der Waals surface area contributed by atoms with E-state index in [1.807, 2.05) is 0 Å². The molecule has 0 aliphatic heterocycles. The fraction of sp³-hybridized carbons (Fsp3) is 0.900. The van der Waals surface area contributed by atoms with Crippen molar-refractivity contribution in [1.29, 1.82) is 0 Å². The van der Waals surface area contributed by atoms with Gasteiger partial charge in [-0.1, -0.05) is 0 Å². The van der Waals surface area contributed by atoms with E-state index in [4.69, 9.17) is 9.47 Å². The summed E-state index contributed by atoms with van der Waals surface area (Å²) in [5.41, 5.74) is 0. The zero-order chi connectivity index (χ0) is 9.52. The van der Waals surface area contributed by atoms with E-state index in [2.05, 4.69) is 0 Å². The second kappa shape index (κ2) is 5.97. The van der Waals surface area contributed by atoms with E-state index >= 15 is 0 Å². The summed E-state index contributed by atoms with van der Waals surface area (Å²) >= 11 is 0. The topological polar surface area (TPSA) is 35.5 Å². The van der Waals surface area contributed by atoms with Crippen LogP contribution in [-0.2, 0) is 14.3 Å². The van der Waals surface area contributed by atoms with Gasteiger partial charge in [-0.2, -0.15) is 0 Å². The average Bonchev–Trinajstić information content (AvgIpc) is 2.57. The Morgan fingerprint density at radius 1 is 1.38 bits per heavy atom. The van der Waals surface area contributed by atoms with Gasteiger partial charge in [0.2, 0.25) is 0 Å². The van der Waals surface area contributed by atoms with Gasteiger partial charge >= 0.3 is 5.97 Å². The van der Waals surface area contributed by atoms with Crippen LogP contribution in [-0.4, -0.2) is 25.8 Å². The Morgan fingerprint density at radius 3 is 2.69 bits per heavy atom. The van der Waals surface area contributed by atoms with Crippen molar-refractivity contribution in [3.8, 4) is 0 Å². The third-order valence-corrected chi connectivity index (χ3v) is 2.33. The van der Waals surface area contributed by atoms with Crippen LogP contribution in [0.15, 0.2) is 0 Å². The highest BCUT2D eigenvalue weighted by Gasteiger charge is 2.18. The summed E-state index contributed by atoms with van der Waals surface area (Å²) in [7, 11) is 1.64. The third-order valence-electron chi connectivity index (χ3n) is 2.33. The summed E-state index contributed by atoms with van der Waals surface area (Å²) < 4.78 is 10.1. The minimum absolute atomic E-state index is 0.0658. The normalized spacial score (nSPS) is 17.6. The molecule has 1 fully saturated rings. The Labute approximate surface area is 79.4 Å². The maximum atomic E-state index is 11.2. The Morgan fingerprint density at radius 2 is 2.08 bits per heavy atom. The van der Waals surface area contributed by atoms with Crippen molar-refractivity contribution >= 4 is 5.97 Å². The maximum Gasteiger partial charge on any atom is 0.306 e. The predicted molar refractivity (Wildman–Crippen MR) is 49.5 cm³/mol. The molecule has 0 heterocycles. The zero-order valence-electron chi connectivity index (χ0n) is 8.25. The zero-order valence-corrected chi connectivity index (χ0v) is 8.25. The molecule has 3 nitrogen and oxygen atoms in total. The van der Waals surface area contributed by atoms with Gasteiger partial charge in [0.1, 0.15) is 6.10 Å². The van der Waals surface area contributed by atoms with Crippen molar-refractivity contribution in [2.45, 2.75) is 44.6 Å². The number of ether oxygens (including phenoxy) is 2. The van der Waals surface area contributed by atoms with Gasteiger partial charge in [-0.05, 0) is 32.1 Å². The number of methoxy groups -OCH3 is 1. The van der Waals surface area contributed by atoms with Crippen LogP contribution in [0.3, 0.4) is 0 Å². The molecule has 76 valence electrons. The van der Waals surface area contributed by atoms with Crippen LogP contribution in [0.5, 0.6) is 0 Å². The molecule has 1 aliphatic rings. The van der Waals surface area contributed by atoms with E-state index in [9.17, 15) is 4.79 Å². The highest BCUT2D eigenvalue weighted by molar-refractivity contribution is 5.69. The van der Waals surface area contributed by atoms with Gasteiger partial charge in [0.05, 0.1) is 0 Å². The third kappa shape index (κ3) is 4.27. The van der Waals surface area contributed by atoms with E-state index in [1.54, 1.807) is 7.11 Å². The first-order chi connectivity index (χ1) is 6.33. The van der Waals surface area contributed by atoms with Gasteiger partial charge in [0.25, 0.3) is 0 Å². The molecule has 0 spiro atoms. The van der Waals surface area contributed by atoms with Crippen molar-refractivity contribution in [3.05, 3.63) is 0 Å². The molecule has 0 aromatic rings. The molecule has 0 saturated heterocycles. The van der Waals surface area contributed by atoms with Crippen LogP contribution >= 0.6 is 0 Å². The van der Waals surface area contributed by atoms with Gasteiger partial charge in [-0.15, -0.1) is 0 Å². The smallest absolute Gasteiger partial charge is 0.306 e. The molecular formula is C10H18O3. The van der Waals surface area contributed by atoms with E-state index in [0.29, 0.717) is 13.0 Å². The predicted octanol–water partition coefficient (Wildman–Crippen LogP) is 1.90. The van der Waals surface area contributed by atoms with Crippen molar-refractivity contribution in [1.82, 2.24) is 0 Å². The van der Waals surface area contributed by atoms with Gasteiger partial charge in [-0.25, -0.2) is 0 Å². The molecule has 0 aromatic heterocycles. The molecule has 0 bridgehead atoms. The molecule has 0 atom stereocenters. The summed E-state index contributed by atoms with van der Waals surface area (Å²) in [6, 6.07) is 0. The summed E-state index contributed by atoms with van der Waals surface area (Å²) in [6.07, 6.45) is 5.97. The summed E-state index contributed by atoms with van der Waals surface area (Å²) in [4.78, 5) is 11.2. The number of carbonyl (C=O) groups excluding carboxylic acids is 1. The number of esters is 1. The highest BCUT2D eigenvalue weighted by atomic mass is 16.5. The Bertz CT molecular complexity index is 150. The molecule has 13 heavy (non-hydrogen) atoms. The minimum atomic E-state index is -0.0658. The monoisotopic (exact) mass is 186 g/mol. The van der Waals surface area contributed by atoms with Crippen LogP contribution < -0.4 is 0 Å². The number of hydrogen-bond donors (Lipinski definition) is 0. The molecule has 0 unspecified atom stereocenters. The van der Waals surface area contributed by atoms with E-state index in [-0.39, 0.29) is 12.1 Å². The van der Waals surface area contributed by atoms with Crippen molar-refractivity contribution in [2.24, 2.45) is 0 Å². The van der Waals surface area contributed by atoms with Crippen LogP contribution in [0.2, 0.25) is 0 Å². The second-order valence-corrected chi connectivity index (χ2v) is 3.49. The molecule has 0 amide bonds. The van der Waals surface area contributed by atoms with Crippen LogP contribution in [0, 0.1) is 0 Å². The first-order valence-corrected chi connectivity index (χ1v) is 5.01. The Kier molecular flexibility index (Phi) is 4.83. The van der Waals surface area contributed by atoms with Crippen molar-refractivity contribution < 1.29 is 14.3 Å². The summed E-state index contributed by atoms with van der Waals surface area (Å²) in [5, 5.41) is 0. The molecule has 0 radical (unpaired) electrons. The number of rotatable bonds is 5. The molecule has 1 aliphatic carbocycles. The first kappa shape index (κ1) is 10.5.